The summed E-state index contributed by atoms with van der Waals surface area (Å²) in [6.07, 6.45) is 0. The molecule has 0 aliphatic rings. The number of nitrogens with zero attached hydrogens (tertiary/aromatic N) is 2. The van der Waals surface area contributed by atoms with Crippen LogP contribution < -0.4 is 10.5 Å². The largest absolute Gasteiger partial charge is 0.398 e. The third kappa shape index (κ3) is 2.61. The van der Waals surface area contributed by atoms with Crippen molar-refractivity contribution in [2.75, 3.05) is 10.5 Å². The summed E-state index contributed by atoms with van der Waals surface area (Å²) in [5.41, 5.74) is 9.52. The Hall–Kier alpha value is -2.02. The van der Waals surface area contributed by atoms with Gasteiger partial charge in [0.15, 0.2) is 0 Å². The van der Waals surface area contributed by atoms with Crippen molar-refractivity contribution in [3.63, 3.8) is 0 Å². The van der Waals surface area contributed by atoms with Crippen LogP contribution in [0.1, 0.15) is 22.5 Å². The summed E-state index contributed by atoms with van der Waals surface area (Å²) >= 11 is 0. The molecule has 0 saturated heterocycles. The molecule has 6 nitrogen and oxygen atoms in total. The predicted octanol–water partition coefficient (Wildman–Crippen LogP) is 2.04. The Morgan fingerprint density at radius 1 is 1.19 bits per heavy atom. The zero-order chi connectivity index (χ0) is 15.9. The van der Waals surface area contributed by atoms with Crippen LogP contribution in [0.4, 0.5) is 11.4 Å². The molecule has 0 unspecified atom stereocenters. The molecule has 0 atom stereocenters. The van der Waals surface area contributed by atoms with E-state index in [2.05, 4.69) is 9.82 Å². The molecule has 1 aromatic heterocycles. The predicted molar refractivity (Wildman–Crippen MR) is 83.8 cm³/mol. The summed E-state index contributed by atoms with van der Waals surface area (Å²) in [5, 5.41) is 4.21. The number of anilines is 2. The normalized spacial score (nSPS) is 11.7. The van der Waals surface area contributed by atoms with Crippen molar-refractivity contribution in [2.24, 2.45) is 7.05 Å². The van der Waals surface area contributed by atoms with Crippen molar-refractivity contribution in [3.8, 4) is 0 Å². The molecule has 1 heterocycles. The number of nitrogens with one attached hydrogen (secondary N) is 1. The standard InChI is InChI=1S/C14H20N4O2S/c1-8-6-7-12(15)14(9(8)2)21(19,20)17-13-10(3)16-18(5)11(13)4/h6-7,17H,15H2,1-5H3. The molecule has 114 valence electrons. The number of aryl methyl sites for hydroxylation is 3. The van der Waals surface area contributed by atoms with Crippen LogP contribution in [0, 0.1) is 27.7 Å². The quantitative estimate of drug-likeness (QED) is 0.849. The average molecular weight is 308 g/mol. The van der Waals surface area contributed by atoms with E-state index in [9.17, 15) is 8.42 Å². The molecule has 0 spiro atoms. The van der Waals surface area contributed by atoms with E-state index in [0.717, 1.165) is 11.3 Å². The highest BCUT2D eigenvalue weighted by atomic mass is 32.2. The van der Waals surface area contributed by atoms with Crippen LogP contribution in [-0.2, 0) is 17.1 Å². The highest BCUT2D eigenvalue weighted by molar-refractivity contribution is 7.93. The number of sulfonamides is 1. The molecule has 7 heteroatoms. The van der Waals surface area contributed by atoms with Gasteiger partial charge in [0.25, 0.3) is 10.0 Å². The van der Waals surface area contributed by atoms with Gasteiger partial charge in [0.05, 0.1) is 22.8 Å². The van der Waals surface area contributed by atoms with E-state index in [4.69, 9.17) is 5.73 Å². The first-order chi connectivity index (χ1) is 9.65. The van der Waals surface area contributed by atoms with Crippen molar-refractivity contribution in [3.05, 3.63) is 34.6 Å². The van der Waals surface area contributed by atoms with Crippen molar-refractivity contribution < 1.29 is 8.42 Å². The first-order valence-electron chi connectivity index (χ1n) is 6.54. The molecule has 21 heavy (non-hydrogen) atoms. The summed E-state index contributed by atoms with van der Waals surface area (Å²) < 4.78 is 29.6. The molecule has 3 N–H and O–H groups in total. The van der Waals surface area contributed by atoms with E-state index < -0.39 is 10.0 Å². The number of benzene rings is 1. The lowest BCUT2D eigenvalue weighted by Crippen LogP contribution is -2.17. The number of hydrogen-bond acceptors (Lipinski definition) is 4. The second-order valence-corrected chi connectivity index (χ2v) is 6.82. The third-order valence-electron chi connectivity index (χ3n) is 3.72. The fraction of sp³-hybridized carbons (Fsp3) is 0.357. The molecule has 0 saturated carbocycles. The monoisotopic (exact) mass is 308 g/mol. The van der Waals surface area contributed by atoms with Crippen LogP contribution in [0.25, 0.3) is 0 Å². The number of hydrogen-bond donors (Lipinski definition) is 2. The van der Waals surface area contributed by atoms with Crippen LogP contribution in [0.2, 0.25) is 0 Å². The molecule has 0 aliphatic heterocycles. The summed E-state index contributed by atoms with van der Waals surface area (Å²) in [5.74, 6) is 0. The maximum Gasteiger partial charge on any atom is 0.264 e. The van der Waals surface area contributed by atoms with Gasteiger partial charge < -0.3 is 5.73 Å². The summed E-state index contributed by atoms with van der Waals surface area (Å²) in [7, 11) is -1.99. The van der Waals surface area contributed by atoms with Gasteiger partial charge in [0.2, 0.25) is 0 Å². The van der Waals surface area contributed by atoms with Gasteiger partial charge in [-0.1, -0.05) is 6.07 Å². The molecule has 0 aliphatic carbocycles. The Balaban J connectivity index is 2.57. The minimum atomic E-state index is -3.76. The first kappa shape index (κ1) is 15.4. The maximum atomic E-state index is 12.7. The average Bonchev–Trinajstić information content (AvgIpc) is 2.60. The molecule has 2 rings (SSSR count). The van der Waals surface area contributed by atoms with Crippen molar-refractivity contribution in [2.45, 2.75) is 32.6 Å². The number of nitrogen functional groups attached to an aromatic ring is 1. The van der Waals surface area contributed by atoms with Crippen LogP contribution in [0.15, 0.2) is 17.0 Å². The van der Waals surface area contributed by atoms with Gasteiger partial charge in [-0.3, -0.25) is 9.40 Å². The van der Waals surface area contributed by atoms with Crippen molar-refractivity contribution in [1.82, 2.24) is 9.78 Å². The van der Waals surface area contributed by atoms with Gasteiger partial charge in [0.1, 0.15) is 4.90 Å². The van der Waals surface area contributed by atoms with E-state index in [1.807, 2.05) is 19.9 Å². The number of nitrogens with two attached hydrogens (primary N) is 1. The zero-order valence-corrected chi connectivity index (χ0v) is 13.7. The van der Waals surface area contributed by atoms with Gasteiger partial charge >= 0.3 is 0 Å². The van der Waals surface area contributed by atoms with Gasteiger partial charge in [-0.2, -0.15) is 5.10 Å². The molecule has 0 fully saturated rings. The van der Waals surface area contributed by atoms with Gasteiger partial charge in [-0.25, -0.2) is 8.42 Å². The second kappa shape index (κ2) is 5.07. The maximum absolute atomic E-state index is 12.7. The highest BCUT2D eigenvalue weighted by Crippen LogP contribution is 2.29. The van der Waals surface area contributed by atoms with Crippen LogP contribution in [-0.4, -0.2) is 18.2 Å². The smallest absolute Gasteiger partial charge is 0.264 e. The van der Waals surface area contributed by atoms with E-state index in [1.165, 1.54) is 0 Å². The number of rotatable bonds is 3. The van der Waals surface area contributed by atoms with E-state index in [1.54, 1.807) is 31.6 Å². The highest BCUT2D eigenvalue weighted by Gasteiger charge is 2.24. The Labute approximate surface area is 125 Å². The Bertz CT molecular complexity index is 807. The fourth-order valence-corrected chi connectivity index (χ4v) is 3.88. The van der Waals surface area contributed by atoms with Crippen molar-refractivity contribution in [1.29, 1.82) is 0 Å². The Morgan fingerprint density at radius 3 is 2.33 bits per heavy atom. The fourth-order valence-electron chi connectivity index (χ4n) is 2.27. The topological polar surface area (TPSA) is 90.0 Å². The first-order valence-corrected chi connectivity index (χ1v) is 8.02. The van der Waals surface area contributed by atoms with E-state index in [0.29, 0.717) is 16.9 Å². The Morgan fingerprint density at radius 2 is 1.81 bits per heavy atom. The summed E-state index contributed by atoms with van der Waals surface area (Å²) in [6, 6.07) is 3.42. The molecule has 0 radical (unpaired) electrons. The molecular weight excluding hydrogens is 288 g/mol. The van der Waals surface area contributed by atoms with Gasteiger partial charge in [-0.05, 0) is 44.9 Å². The zero-order valence-electron chi connectivity index (χ0n) is 12.9. The minimum absolute atomic E-state index is 0.130. The van der Waals surface area contributed by atoms with Gasteiger partial charge in [-0.15, -0.1) is 0 Å². The molecule has 2 aromatic rings. The van der Waals surface area contributed by atoms with Crippen LogP contribution in [0.3, 0.4) is 0 Å². The third-order valence-corrected chi connectivity index (χ3v) is 5.27. The lowest BCUT2D eigenvalue weighted by Gasteiger charge is -2.14. The van der Waals surface area contributed by atoms with Crippen LogP contribution in [0.5, 0.6) is 0 Å². The molecular formula is C14H20N4O2S. The molecule has 0 bridgehead atoms. The van der Waals surface area contributed by atoms with Crippen LogP contribution >= 0.6 is 0 Å². The summed E-state index contributed by atoms with van der Waals surface area (Å²) in [6.45, 7) is 7.18. The Kier molecular flexibility index (Phi) is 3.71. The SMILES string of the molecule is Cc1ccc(N)c(S(=O)(=O)Nc2c(C)nn(C)c2C)c1C. The molecule has 1 aromatic carbocycles. The number of aromatic nitrogens is 2. The molecule has 0 amide bonds. The van der Waals surface area contributed by atoms with E-state index in [-0.39, 0.29) is 10.6 Å². The van der Waals surface area contributed by atoms with E-state index >= 15 is 0 Å². The van der Waals surface area contributed by atoms with Gasteiger partial charge in [0, 0.05) is 7.05 Å². The summed E-state index contributed by atoms with van der Waals surface area (Å²) in [4.78, 5) is 0.130. The lowest BCUT2D eigenvalue weighted by atomic mass is 10.1. The lowest BCUT2D eigenvalue weighted by molar-refractivity contribution is 0.601. The minimum Gasteiger partial charge on any atom is -0.398 e. The second-order valence-electron chi connectivity index (χ2n) is 5.20. The van der Waals surface area contributed by atoms with Crippen molar-refractivity contribution >= 4 is 21.4 Å².